The number of piperazine rings is 1. The van der Waals surface area contributed by atoms with Gasteiger partial charge in [-0.3, -0.25) is 19.9 Å². The van der Waals surface area contributed by atoms with Crippen molar-refractivity contribution in [2.24, 2.45) is 5.92 Å². The fourth-order valence-corrected chi connectivity index (χ4v) is 3.96. The normalized spacial score (nSPS) is 22.9. The summed E-state index contributed by atoms with van der Waals surface area (Å²) in [4.78, 5) is 34.0. The Hall–Kier alpha value is -2.52. The van der Waals surface area contributed by atoms with Crippen LogP contribution in [0.2, 0.25) is 0 Å². The van der Waals surface area contributed by atoms with Gasteiger partial charge in [0.05, 0.1) is 4.92 Å². The summed E-state index contributed by atoms with van der Waals surface area (Å²) in [5, 5.41) is 25.9. The first-order valence-electron chi connectivity index (χ1n) is 9.92. The molecule has 1 saturated carbocycles. The molecule has 9 heteroatoms. The van der Waals surface area contributed by atoms with Crippen molar-refractivity contribution < 1.29 is 24.7 Å². The van der Waals surface area contributed by atoms with Crippen LogP contribution in [0.4, 0.5) is 5.69 Å². The predicted molar refractivity (Wildman–Crippen MR) is 107 cm³/mol. The first-order valence-corrected chi connectivity index (χ1v) is 9.92. The highest BCUT2D eigenvalue weighted by atomic mass is 16.6. The number of nitro benzene ring substituents is 1. The monoisotopic (exact) mass is 407 g/mol. The molecule has 2 N–H and O–H groups in total. The van der Waals surface area contributed by atoms with Gasteiger partial charge in [0.15, 0.2) is 0 Å². The van der Waals surface area contributed by atoms with Crippen LogP contribution >= 0.6 is 0 Å². The Morgan fingerprint density at radius 1 is 1.03 bits per heavy atom. The highest BCUT2D eigenvalue weighted by Crippen LogP contribution is 2.28. The summed E-state index contributed by atoms with van der Waals surface area (Å²) in [6.45, 7) is 7.27. The van der Waals surface area contributed by atoms with Crippen molar-refractivity contribution in [3.8, 4) is 0 Å². The van der Waals surface area contributed by atoms with Crippen LogP contribution in [0, 0.1) is 16.0 Å². The van der Waals surface area contributed by atoms with E-state index < -0.39 is 11.9 Å². The van der Waals surface area contributed by atoms with Crippen LogP contribution < -0.4 is 0 Å². The van der Waals surface area contributed by atoms with Crippen LogP contribution in [0.5, 0.6) is 0 Å². The van der Waals surface area contributed by atoms with Crippen LogP contribution in [0.3, 0.4) is 0 Å². The standard InChI is InChI=1S/C18H27N3O2.C2H2O4/c1-15-6-8-17(9-7-15)20-12-10-19(11-13-20)14-16-4-2-3-5-18(16)21(22)23;3-1(4)2(5)6/h2-5,15,17H,6-14H2,1H3;(H,3,4)(H,5,6). The number of benzene rings is 1. The van der Waals surface area contributed by atoms with Crippen molar-refractivity contribution in [1.29, 1.82) is 0 Å². The van der Waals surface area contributed by atoms with Crippen LogP contribution in [0.15, 0.2) is 24.3 Å². The zero-order valence-corrected chi connectivity index (χ0v) is 16.7. The molecule has 2 fully saturated rings. The van der Waals surface area contributed by atoms with Crippen LogP contribution in [-0.4, -0.2) is 69.1 Å². The molecular formula is C20H29N3O6. The maximum atomic E-state index is 11.1. The van der Waals surface area contributed by atoms with E-state index in [2.05, 4.69) is 16.7 Å². The van der Waals surface area contributed by atoms with Crippen molar-refractivity contribution in [3.05, 3.63) is 39.9 Å². The first kappa shape index (κ1) is 22.8. The van der Waals surface area contributed by atoms with Gasteiger partial charge in [-0.1, -0.05) is 25.1 Å². The van der Waals surface area contributed by atoms with Gasteiger partial charge >= 0.3 is 11.9 Å². The lowest BCUT2D eigenvalue weighted by atomic mass is 9.86. The molecule has 2 aliphatic rings. The van der Waals surface area contributed by atoms with Crippen LogP contribution in [0.1, 0.15) is 38.2 Å². The van der Waals surface area contributed by atoms with E-state index in [9.17, 15) is 10.1 Å². The van der Waals surface area contributed by atoms with E-state index in [0.29, 0.717) is 6.54 Å². The molecular weight excluding hydrogens is 378 g/mol. The minimum Gasteiger partial charge on any atom is -0.473 e. The second-order valence-corrected chi connectivity index (χ2v) is 7.72. The lowest BCUT2D eigenvalue weighted by Gasteiger charge is -2.41. The molecule has 160 valence electrons. The topological polar surface area (TPSA) is 124 Å². The van der Waals surface area contributed by atoms with E-state index in [-0.39, 0.29) is 10.6 Å². The Kier molecular flexibility index (Phi) is 8.53. The molecule has 0 radical (unpaired) electrons. The molecule has 0 aromatic heterocycles. The van der Waals surface area contributed by atoms with Crippen LogP contribution in [0.25, 0.3) is 0 Å². The summed E-state index contributed by atoms with van der Waals surface area (Å²) in [5.41, 5.74) is 1.08. The second-order valence-electron chi connectivity index (χ2n) is 7.72. The highest BCUT2D eigenvalue weighted by molar-refractivity contribution is 6.27. The zero-order valence-electron chi connectivity index (χ0n) is 16.7. The Morgan fingerprint density at radius 2 is 1.59 bits per heavy atom. The van der Waals surface area contributed by atoms with E-state index >= 15 is 0 Å². The van der Waals surface area contributed by atoms with E-state index in [1.807, 2.05) is 12.1 Å². The van der Waals surface area contributed by atoms with Crippen LogP contribution in [-0.2, 0) is 16.1 Å². The number of hydrogen-bond acceptors (Lipinski definition) is 6. The average Bonchev–Trinajstić information content (AvgIpc) is 2.70. The third kappa shape index (κ3) is 7.10. The molecule has 0 amide bonds. The summed E-state index contributed by atoms with van der Waals surface area (Å²) in [6.07, 6.45) is 5.40. The minimum atomic E-state index is -1.82. The van der Waals surface area contributed by atoms with Crippen molar-refractivity contribution in [2.75, 3.05) is 26.2 Å². The van der Waals surface area contributed by atoms with Crippen molar-refractivity contribution in [2.45, 2.75) is 45.2 Å². The fraction of sp³-hybridized carbons (Fsp3) is 0.600. The molecule has 1 aliphatic carbocycles. The number of nitro groups is 1. The quantitative estimate of drug-likeness (QED) is 0.443. The molecule has 9 nitrogen and oxygen atoms in total. The van der Waals surface area contributed by atoms with Gasteiger partial charge in [0.2, 0.25) is 0 Å². The Morgan fingerprint density at radius 3 is 2.10 bits per heavy atom. The second kappa shape index (κ2) is 10.9. The number of carboxylic acid groups (broad SMARTS) is 2. The third-order valence-corrected chi connectivity index (χ3v) is 5.67. The molecule has 0 spiro atoms. The number of hydrogen-bond donors (Lipinski definition) is 2. The molecule has 0 atom stereocenters. The van der Waals surface area contributed by atoms with E-state index in [0.717, 1.165) is 43.7 Å². The lowest BCUT2D eigenvalue weighted by Crippen LogP contribution is -2.50. The number of carboxylic acids is 2. The molecule has 0 bridgehead atoms. The van der Waals surface area contributed by atoms with E-state index in [1.54, 1.807) is 12.1 Å². The summed E-state index contributed by atoms with van der Waals surface area (Å²) < 4.78 is 0. The molecule has 1 aromatic rings. The predicted octanol–water partition coefficient (Wildman–Crippen LogP) is 2.45. The van der Waals surface area contributed by atoms with Crippen molar-refractivity contribution in [1.82, 2.24) is 9.80 Å². The van der Waals surface area contributed by atoms with Crippen molar-refractivity contribution in [3.63, 3.8) is 0 Å². The van der Waals surface area contributed by atoms with Gasteiger partial charge in [-0.25, -0.2) is 9.59 Å². The maximum absolute atomic E-state index is 11.1. The summed E-state index contributed by atoms with van der Waals surface area (Å²) in [7, 11) is 0. The summed E-state index contributed by atoms with van der Waals surface area (Å²) in [5.74, 6) is -2.75. The van der Waals surface area contributed by atoms with E-state index in [4.69, 9.17) is 19.8 Å². The SMILES string of the molecule is CC1CCC(N2CCN(Cc3ccccc3[N+](=O)[O-])CC2)CC1.O=C(O)C(=O)O. The number of nitrogens with zero attached hydrogens (tertiary/aromatic N) is 3. The highest BCUT2D eigenvalue weighted by Gasteiger charge is 2.27. The number of para-hydroxylation sites is 1. The fourth-order valence-electron chi connectivity index (χ4n) is 3.96. The lowest BCUT2D eigenvalue weighted by molar-refractivity contribution is -0.385. The molecule has 29 heavy (non-hydrogen) atoms. The zero-order chi connectivity index (χ0) is 21.4. The van der Waals surface area contributed by atoms with Gasteiger partial charge in [0.1, 0.15) is 0 Å². The number of rotatable bonds is 4. The minimum absolute atomic E-state index is 0.246. The number of carbonyl (C=O) groups is 2. The first-order chi connectivity index (χ1) is 13.8. The average molecular weight is 407 g/mol. The van der Waals surface area contributed by atoms with Gasteiger partial charge in [0, 0.05) is 50.4 Å². The van der Waals surface area contributed by atoms with Crippen molar-refractivity contribution >= 4 is 17.6 Å². The van der Waals surface area contributed by atoms with Gasteiger partial charge in [0.25, 0.3) is 5.69 Å². The molecule has 1 heterocycles. The molecule has 1 saturated heterocycles. The molecule has 1 aliphatic heterocycles. The maximum Gasteiger partial charge on any atom is 0.414 e. The van der Waals surface area contributed by atoms with Gasteiger partial charge in [-0.15, -0.1) is 0 Å². The van der Waals surface area contributed by atoms with Gasteiger partial charge in [-0.2, -0.15) is 0 Å². The molecule has 3 rings (SSSR count). The summed E-state index contributed by atoms with van der Waals surface area (Å²) >= 11 is 0. The Balaban J connectivity index is 0.000000438. The van der Waals surface area contributed by atoms with Gasteiger partial charge in [-0.05, 0) is 31.6 Å². The largest absolute Gasteiger partial charge is 0.473 e. The van der Waals surface area contributed by atoms with E-state index in [1.165, 1.54) is 25.7 Å². The molecule has 1 aromatic carbocycles. The smallest absolute Gasteiger partial charge is 0.414 e. The number of aliphatic carboxylic acids is 2. The summed E-state index contributed by atoms with van der Waals surface area (Å²) in [6, 6.07) is 7.88. The Bertz CT molecular complexity index is 698. The van der Waals surface area contributed by atoms with Gasteiger partial charge < -0.3 is 10.2 Å². The Labute approximate surface area is 170 Å². The third-order valence-electron chi connectivity index (χ3n) is 5.67. The molecule has 0 unspecified atom stereocenters.